The second-order valence-electron chi connectivity index (χ2n) is 3.46. The summed E-state index contributed by atoms with van der Waals surface area (Å²) in [4.78, 5) is 10.7. The summed E-state index contributed by atoms with van der Waals surface area (Å²) in [5, 5.41) is 8.75. The molecule has 0 amide bonds. The summed E-state index contributed by atoms with van der Waals surface area (Å²) >= 11 is 0. The largest absolute Gasteiger partial charge is 0.487 e. The predicted molar refractivity (Wildman–Crippen MR) is 65.2 cm³/mol. The molecule has 5 nitrogen and oxygen atoms in total. The molecule has 0 heterocycles. The Bertz CT molecular complexity index is 371. The van der Waals surface area contributed by atoms with Crippen molar-refractivity contribution >= 4 is 29.8 Å². The second-order valence-corrected chi connectivity index (χ2v) is 3.46. The zero-order valence-corrected chi connectivity index (χ0v) is 9.88. The molecule has 0 bridgehead atoms. The van der Waals surface area contributed by atoms with Crippen molar-refractivity contribution in [1.82, 2.24) is 0 Å². The van der Waals surface area contributed by atoms with Gasteiger partial charge in [-0.1, -0.05) is 0 Å². The van der Waals surface area contributed by atoms with E-state index in [0.29, 0.717) is 5.75 Å². The highest BCUT2D eigenvalue weighted by Gasteiger charge is 2.12. The lowest BCUT2D eigenvalue weighted by Gasteiger charge is -2.14. The quantitative estimate of drug-likeness (QED) is 0.706. The van der Waals surface area contributed by atoms with Gasteiger partial charge in [0.2, 0.25) is 0 Å². The van der Waals surface area contributed by atoms with Gasteiger partial charge >= 0.3 is 5.97 Å². The highest BCUT2D eigenvalue weighted by Crippen LogP contribution is 2.31. The maximum atomic E-state index is 10.7. The van der Waals surface area contributed by atoms with Crippen molar-refractivity contribution in [3.63, 3.8) is 0 Å². The average Bonchev–Trinajstić information content (AvgIpc) is 2.10. The van der Waals surface area contributed by atoms with E-state index in [0.717, 1.165) is 0 Å². The zero-order valence-electron chi connectivity index (χ0n) is 9.06. The summed E-state index contributed by atoms with van der Waals surface area (Å²) in [6, 6.07) is 2.66. The van der Waals surface area contributed by atoms with Crippen LogP contribution < -0.4 is 16.2 Å². The van der Waals surface area contributed by atoms with Gasteiger partial charge in [0.05, 0.1) is 23.0 Å². The zero-order chi connectivity index (χ0) is 11.6. The van der Waals surface area contributed by atoms with Crippen LogP contribution in [0.3, 0.4) is 0 Å². The number of halogens is 1. The Morgan fingerprint density at radius 1 is 1.31 bits per heavy atom. The first-order valence-corrected chi connectivity index (χ1v) is 4.50. The molecule has 16 heavy (non-hydrogen) atoms. The van der Waals surface area contributed by atoms with Crippen molar-refractivity contribution in [2.45, 2.75) is 20.0 Å². The smallest absolute Gasteiger partial charge is 0.335 e. The lowest BCUT2D eigenvalue weighted by Crippen LogP contribution is -2.10. The lowest BCUT2D eigenvalue weighted by molar-refractivity contribution is 0.0697. The van der Waals surface area contributed by atoms with Gasteiger partial charge < -0.3 is 21.3 Å². The van der Waals surface area contributed by atoms with Crippen LogP contribution in [0, 0.1) is 0 Å². The molecule has 1 rings (SSSR count). The first-order chi connectivity index (χ1) is 6.91. The third kappa shape index (κ3) is 3.20. The molecule has 5 N–H and O–H groups in total. The number of carbonyl (C=O) groups is 1. The molecule has 0 aliphatic heterocycles. The minimum Gasteiger partial charge on any atom is -0.487 e. The van der Waals surface area contributed by atoms with Gasteiger partial charge in [0.15, 0.2) is 5.75 Å². The first-order valence-electron chi connectivity index (χ1n) is 4.50. The summed E-state index contributed by atoms with van der Waals surface area (Å²) in [5.74, 6) is -0.723. The molecule has 0 unspecified atom stereocenters. The van der Waals surface area contributed by atoms with Gasteiger partial charge in [-0.15, -0.1) is 12.4 Å². The highest BCUT2D eigenvalue weighted by atomic mass is 35.5. The van der Waals surface area contributed by atoms with Crippen LogP contribution in [0.5, 0.6) is 5.75 Å². The van der Waals surface area contributed by atoms with Gasteiger partial charge in [-0.25, -0.2) is 4.79 Å². The predicted octanol–water partition coefficient (Wildman–Crippen LogP) is 1.76. The van der Waals surface area contributed by atoms with Crippen molar-refractivity contribution < 1.29 is 14.6 Å². The second kappa shape index (κ2) is 5.46. The molecule has 0 aliphatic rings. The number of rotatable bonds is 3. The highest BCUT2D eigenvalue weighted by molar-refractivity contribution is 5.91. The topological polar surface area (TPSA) is 98.6 Å². The van der Waals surface area contributed by atoms with Crippen LogP contribution in [0.1, 0.15) is 24.2 Å². The van der Waals surface area contributed by atoms with Gasteiger partial charge in [0.25, 0.3) is 0 Å². The standard InChI is InChI=1S/C10H14N2O3.ClH/c1-5(2)15-9-7(11)3-6(10(13)14)4-8(9)12;/h3-5H,11-12H2,1-2H3,(H,13,14);1H. The van der Waals surface area contributed by atoms with E-state index in [1.165, 1.54) is 12.1 Å². The van der Waals surface area contributed by atoms with Gasteiger partial charge in [-0.3, -0.25) is 0 Å². The van der Waals surface area contributed by atoms with Crippen LogP contribution in [0.15, 0.2) is 12.1 Å². The number of benzene rings is 1. The van der Waals surface area contributed by atoms with E-state index in [1.807, 2.05) is 13.8 Å². The van der Waals surface area contributed by atoms with Gasteiger partial charge in [-0.2, -0.15) is 0 Å². The van der Waals surface area contributed by atoms with Gasteiger partial charge in [-0.05, 0) is 26.0 Å². The molecular weight excluding hydrogens is 232 g/mol. The number of anilines is 2. The van der Waals surface area contributed by atoms with Crippen molar-refractivity contribution in [3.8, 4) is 5.75 Å². The summed E-state index contributed by atoms with van der Waals surface area (Å²) in [6.45, 7) is 3.67. The molecule has 90 valence electrons. The Kier molecular flexibility index (Phi) is 4.91. The number of carboxylic acid groups (broad SMARTS) is 1. The van der Waals surface area contributed by atoms with E-state index in [9.17, 15) is 4.79 Å². The average molecular weight is 247 g/mol. The Hall–Kier alpha value is -1.62. The van der Waals surface area contributed by atoms with Crippen LogP contribution in [0.25, 0.3) is 0 Å². The Morgan fingerprint density at radius 3 is 2.06 bits per heavy atom. The summed E-state index contributed by atoms with van der Waals surface area (Å²) in [6.07, 6.45) is -0.0646. The van der Waals surface area contributed by atoms with Crippen molar-refractivity contribution in [1.29, 1.82) is 0 Å². The van der Waals surface area contributed by atoms with E-state index in [-0.39, 0.29) is 35.4 Å². The molecule has 0 saturated carbocycles. The summed E-state index contributed by atoms with van der Waals surface area (Å²) < 4.78 is 5.37. The number of nitrogens with two attached hydrogens (primary N) is 2. The molecule has 0 saturated heterocycles. The molecule has 0 aliphatic carbocycles. The number of ether oxygens (including phenoxy) is 1. The third-order valence-corrected chi connectivity index (χ3v) is 1.75. The molecule has 0 atom stereocenters. The molecule has 0 fully saturated rings. The minimum atomic E-state index is -1.07. The van der Waals surface area contributed by atoms with Crippen LogP contribution in [-0.2, 0) is 0 Å². The van der Waals surface area contributed by atoms with Crippen LogP contribution in [-0.4, -0.2) is 17.2 Å². The number of nitrogen functional groups attached to an aromatic ring is 2. The Morgan fingerprint density at radius 2 is 1.75 bits per heavy atom. The third-order valence-electron chi connectivity index (χ3n) is 1.75. The van der Waals surface area contributed by atoms with E-state index in [4.69, 9.17) is 21.3 Å². The van der Waals surface area contributed by atoms with Crippen LogP contribution >= 0.6 is 12.4 Å². The fraction of sp³-hybridized carbons (Fsp3) is 0.300. The molecular formula is C10H15ClN2O3. The van der Waals surface area contributed by atoms with E-state index < -0.39 is 5.97 Å². The fourth-order valence-electron chi connectivity index (χ4n) is 1.17. The fourth-order valence-corrected chi connectivity index (χ4v) is 1.17. The number of hydrogen-bond donors (Lipinski definition) is 3. The number of aromatic carboxylic acids is 1. The van der Waals surface area contributed by atoms with Crippen molar-refractivity contribution in [2.75, 3.05) is 11.5 Å². The maximum absolute atomic E-state index is 10.7. The number of hydrogen-bond acceptors (Lipinski definition) is 4. The van der Waals surface area contributed by atoms with E-state index in [1.54, 1.807) is 0 Å². The summed E-state index contributed by atoms with van der Waals surface area (Å²) in [7, 11) is 0. The van der Waals surface area contributed by atoms with Crippen LogP contribution in [0.2, 0.25) is 0 Å². The van der Waals surface area contributed by atoms with Crippen LogP contribution in [0.4, 0.5) is 11.4 Å². The summed E-state index contributed by atoms with van der Waals surface area (Å²) in [5.41, 5.74) is 11.8. The van der Waals surface area contributed by atoms with Crippen molar-refractivity contribution in [3.05, 3.63) is 17.7 Å². The number of carboxylic acids is 1. The minimum absolute atomic E-state index is 0. The molecule has 0 aromatic heterocycles. The molecule has 0 radical (unpaired) electrons. The Labute approximate surface area is 99.8 Å². The van der Waals surface area contributed by atoms with E-state index in [2.05, 4.69) is 0 Å². The first kappa shape index (κ1) is 14.4. The van der Waals surface area contributed by atoms with E-state index >= 15 is 0 Å². The van der Waals surface area contributed by atoms with Crippen molar-refractivity contribution in [2.24, 2.45) is 0 Å². The maximum Gasteiger partial charge on any atom is 0.335 e. The monoisotopic (exact) mass is 246 g/mol. The molecule has 6 heteroatoms. The molecule has 1 aromatic rings. The van der Waals surface area contributed by atoms with Gasteiger partial charge in [0.1, 0.15) is 0 Å². The Balaban J connectivity index is 0.00000225. The molecule has 0 spiro atoms. The van der Waals surface area contributed by atoms with Gasteiger partial charge in [0, 0.05) is 0 Å². The normalized spacial score (nSPS) is 9.69. The molecule has 1 aromatic carbocycles. The SMILES string of the molecule is CC(C)Oc1c(N)cc(C(=O)O)cc1N.Cl. The lowest BCUT2D eigenvalue weighted by atomic mass is 10.1.